The number of hydrogen-bond acceptors (Lipinski definition) is 4. The number of oxazole rings is 1. The van der Waals surface area contributed by atoms with Gasteiger partial charge in [0.15, 0.2) is 0 Å². The lowest BCUT2D eigenvalue weighted by atomic mass is 9.88. The van der Waals surface area contributed by atoms with Gasteiger partial charge in [-0.15, -0.1) is 0 Å². The maximum atomic E-state index is 12.4. The van der Waals surface area contributed by atoms with Crippen LogP contribution in [-0.4, -0.2) is 41.5 Å². The van der Waals surface area contributed by atoms with E-state index in [1.165, 1.54) is 38.6 Å². The summed E-state index contributed by atoms with van der Waals surface area (Å²) in [4.78, 5) is 19.5. The molecule has 0 radical (unpaired) electrons. The molecular formula is C23H31N3O2. The number of likely N-dealkylation sites (tertiary alicyclic amines) is 1. The molecule has 2 heterocycles. The fraction of sp³-hybridized carbons (Fsp3) is 0.565. The fourth-order valence-electron chi connectivity index (χ4n) is 4.54. The zero-order valence-electron chi connectivity index (χ0n) is 16.6. The van der Waals surface area contributed by atoms with E-state index in [0.717, 1.165) is 37.4 Å². The van der Waals surface area contributed by atoms with Crippen molar-refractivity contribution in [3.8, 4) is 11.5 Å². The van der Waals surface area contributed by atoms with Crippen molar-refractivity contribution in [3.63, 3.8) is 0 Å². The van der Waals surface area contributed by atoms with Gasteiger partial charge in [0.1, 0.15) is 6.26 Å². The Kier molecular flexibility index (Phi) is 6.42. The molecule has 1 aliphatic heterocycles. The molecule has 1 saturated carbocycles. The molecule has 0 spiro atoms. The van der Waals surface area contributed by atoms with Crippen molar-refractivity contribution in [2.24, 2.45) is 5.92 Å². The van der Waals surface area contributed by atoms with Gasteiger partial charge >= 0.3 is 0 Å². The summed E-state index contributed by atoms with van der Waals surface area (Å²) < 4.78 is 5.53. The fourth-order valence-corrected chi connectivity index (χ4v) is 4.54. The minimum absolute atomic E-state index is 0.0404. The first-order valence-corrected chi connectivity index (χ1v) is 10.8. The van der Waals surface area contributed by atoms with Gasteiger partial charge in [-0.3, -0.25) is 4.79 Å². The van der Waals surface area contributed by atoms with Gasteiger partial charge in [-0.25, -0.2) is 4.98 Å². The van der Waals surface area contributed by atoms with Gasteiger partial charge in [-0.05, 0) is 43.7 Å². The summed E-state index contributed by atoms with van der Waals surface area (Å²) in [5, 5.41) is 3.19. The molecule has 0 bridgehead atoms. The number of amides is 1. The van der Waals surface area contributed by atoms with Crippen molar-refractivity contribution >= 4 is 5.91 Å². The van der Waals surface area contributed by atoms with Crippen LogP contribution in [0.5, 0.6) is 0 Å². The van der Waals surface area contributed by atoms with E-state index < -0.39 is 0 Å². The van der Waals surface area contributed by atoms with Crippen molar-refractivity contribution in [2.45, 2.75) is 57.4 Å². The third-order valence-electron chi connectivity index (χ3n) is 6.11. The molecule has 5 heteroatoms. The predicted molar refractivity (Wildman–Crippen MR) is 110 cm³/mol. The number of carbonyl (C=O) groups is 1. The molecule has 1 N–H and O–H groups in total. The van der Waals surface area contributed by atoms with E-state index in [2.05, 4.69) is 15.2 Å². The topological polar surface area (TPSA) is 58.4 Å². The second-order valence-corrected chi connectivity index (χ2v) is 8.33. The normalized spacial score (nSPS) is 19.6. The lowest BCUT2D eigenvalue weighted by Gasteiger charge is -2.35. The second-order valence-electron chi connectivity index (χ2n) is 8.33. The Bertz CT molecular complexity index is 744. The third-order valence-corrected chi connectivity index (χ3v) is 6.11. The van der Waals surface area contributed by atoms with Crippen LogP contribution in [0.1, 0.15) is 50.6 Å². The van der Waals surface area contributed by atoms with Gasteiger partial charge in [0.25, 0.3) is 0 Å². The summed E-state index contributed by atoms with van der Waals surface area (Å²) in [6, 6.07) is 10.1. The maximum absolute atomic E-state index is 12.4. The quantitative estimate of drug-likeness (QED) is 0.820. The summed E-state index contributed by atoms with van der Waals surface area (Å²) in [6.07, 6.45) is 11.0. The van der Waals surface area contributed by atoms with Crippen LogP contribution in [0.15, 0.2) is 41.0 Å². The molecule has 1 aromatic heterocycles. The van der Waals surface area contributed by atoms with Gasteiger partial charge in [-0.2, -0.15) is 0 Å². The second kappa shape index (κ2) is 9.37. The molecule has 0 unspecified atom stereocenters. The zero-order chi connectivity index (χ0) is 19.2. The Morgan fingerprint density at radius 2 is 1.82 bits per heavy atom. The monoisotopic (exact) mass is 381 g/mol. The predicted octanol–water partition coefficient (Wildman–Crippen LogP) is 4.05. The third kappa shape index (κ3) is 5.22. The van der Waals surface area contributed by atoms with Gasteiger partial charge < -0.3 is 14.6 Å². The summed E-state index contributed by atoms with van der Waals surface area (Å²) in [6.45, 7) is 3.45. The molecule has 1 aromatic carbocycles. The zero-order valence-corrected chi connectivity index (χ0v) is 16.6. The Hall–Kier alpha value is -2.14. The summed E-state index contributed by atoms with van der Waals surface area (Å²) in [5.74, 6) is 1.50. The standard InChI is InChI=1S/C23H31N3O2/c27-22(15-21-17-28-23(25-21)19-9-5-2-6-10-19)24-20-11-13-26(14-12-20)16-18-7-3-1-4-8-18/h2,5-6,9-10,17-18,20H,1,3-4,7-8,11-16H2,(H,24,27). The van der Waals surface area contributed by atoms with Crippen LogP contribution in [0, 0.1) is 5.92 Å². The average Bonchev–Trinajstić information content (AvgIpc) is 3.19. The summed E-state index contributed by atoms with van der Waals surface area (Å²) in [5.41, 5.74) is 1.62. The highest BCUT2D eigenvalue weighted by molar-refractivity contribution is 5.78. The van der Waals surface area contributed by atoms with Gasteiger partial charge in [0.05, 0.1) is 12.1 Å². The highest BCUT2D eigenvalue weighted by Gasteiger charge is 2.24. The molecule has 2 aliphatic rings. The summed E-state index contributed by atoms with van der Waals surface area (Å²) >= 11 is 0. The Balaban J connectivity index is 1.20. The molecule has 1 aliphatic carbocycles. The molecule has 4 rings (SSSR count). The average molecular weight is 382 g/mol. The lowest BCUT2D eigenvalue weighted by molar-refractivity contribution is -0.121. The molecule has 2 aromatic rings. The van der Waals surface area contributed by atoms with Crippen molar-refractivity contribution in [3.05, 3.63) is 42.3 Å². The van der Waals surface area contributed by atoms with Crippen LogP contribution in [0.25, 0.3) is 11.5 Å². The highest BCUT2D eigenvalue weighted by Crippen LogP contribution is 2.25. The molecule has 0 atom stereocenters. The van der Waals surface area contributed by atoms with Gasteiger partial charge in [0.2, 0.25) is 11.8 Å². The molecule has 28 heavy (non-hydrogen) atoms. The number of aromatic nitrogens is 1. The molecule has 150 valence electrons. The van der Waals surface area contributed by atoms with E-state index in [1.54, 1.807) is 6.26 Å². The minimum Gasteiger partial charge on any atom is -0.444 e. The van der Waals surface area contributed by atoms with Crippen LogP contribution < -0.4 is 5.32 Å². The molecule has 2 fully saturated rings. The van der Waals surface area contributed by atoms with Crippen molar-refractivity contribution in [1.82, 2.24) is 15.2 Å². The van der Waals surface area contributed by atoms with Gasteiger partial charge in [0, 0.05) is 31.2 Å². The molecule has 1 saturated heterocycles. The highest BCUT2D eigenvalue weighted by atomic mass is 16.3. The van der Waals surface area contributed by atoms with Crippen LogP contribution in [0.3, 0.4) is 0 Å². The van der Waals surface area contributed by atoms with E-state index in [9.17, 15) is 4.79 Å². The van der Waals surface area contributed by atoms with Crippen LogP contribution in [0.2, 0.25) is 0 Å². The van der Waals surface area contributed by atoms with Crippen LogP contribution in [0.4, 0.5) is 0 Å². The van der Waals surface area contributed by atoms with Crippen LogP contribution in [-0.2, 0) is 11.2 Å². The van der Waals surface area contributed by atoms with Crippen LogP contribution >= 0.6 is 0 Å². The minimum atomic E-state index is 0.0404. The number of benzene rings is 1. The van der Waals surface area contributed by atoms with E-state index in [-0.39, 0.29) is 18.4 Å². The Labute approximate surface area is 167 Å². The lowest BCUT2D eigenvalue weighted by Crippen LogP contribution is -2.46. The molecule has 1 amide bonds. The number of hydrogen-bond donors (Lipinski definition) is 1. The van der Waals surface area contributed by atoms with Crippen molar-refractivity contribution in [1.29, 1.82) is 0 Å². The number of rotatable bonds is 6. The largest absolute Gasteiger partial charge is 0.444 e. The van der Waals surface area contributed by atoms with E-state index in [0.29, 0.717) is 11.6 Å². The van der Waals surface area contributed by atoms with E-state index in [1.807, 2.05) is 30.3 Å². The molecule has 5 nitrogen and oxygen atoms in total. The van der Waals surface area contributed by atoms with Gasteiger partial charge in [-0.1, -0.05) is 37.5 Å². The number of nitrogens with one attached hydrogen (secondary N) is 1. The van der Waals surface area contributed by atoms with Crippen molar-refractivity contribution in [2.75, 3.05) is 19.6 Å². The first-order valence-electron chi connectivity index (χ1n) is 10.8. The van der Waals surface area contributed by atoms with E-state index in [4.69, 9.17) is 4.42 Å². The maximum Gasteiger partial charge on any atom is 0.226 e. The summed E-state index contributed by atoms with van der Waals surface area (Å²) in [7, 11) is 0. The van der Waals surface area contributed by atoms with E-state index >= 15 is 0 Å². The first-order chi connectivity index (χ1) is 13.8. The Morgan fingerprint density at radius 3 is 2.57 bits per heavy atom. The smallest absolute Gasteiger partial charge is 0.226 e. The first kappa shape index (κ1) is 19.2. The number of nitrogens with zero attached hydrogens (tertiary/aromatic N) is 2. The number of piperidine rings is 1. The Morgan fingerprint density at radius 1 is 1.07 bits per heavy atom. The molecular weight excluding hydrogens is 350 g/mol. The number of carbonyl (C=O) groups excluding carboxylic acids is 1. The van der Waals surface area contributed by atoms with Crippen molar-refractivity contribution < 1.29 is 9.21 Å². The SMILES string of the molecule is O=C(Cc1coc(-c2ccccc2)n1)NC1CCN(CC2CCCCC2)CC1.